The van der Waals surface area contributed by atoms with Gasteiger partial charge in [0.25, 0.3) is 5.56 Å². The molecule has 2 aromatic rings. The van der Waals surface area contributed by atoms with E-state index in [2.05, 4.69) is 50.7 Å². The molecule has 17 heteroatoms. The fraction of sp³-hybridized carbons (Fsp3) is 0.581. The van der Waals surface area contributed by atoms with Crippen LogP contribution in [-0.2, 0) is 24.4 Å². The number of ether oxygens (including phenoxy) is 5. The molecular weight excluding hydrogens is 676 g/mol. The first-order valence-corrected chi connectivity index (χ1v) is 18.9. The van der Waals surface area contributed by atoms with Crippen molar-refractivity contribution in [2.24, 2.45) is 0 Å². The lowest BCUT2D eigenvalue weighted by molar-refractivity contribution is -0.173. The molecule has 0 unspecified atom stereocenters. The van der Waals surface area contributed by atoms with Crippen LogP contribution in [0.15, 0.2) is 27.9 Å². The molecule has 1 aliphatic heterocycles. The molecule has 1 fully saturated rings. The molecule has 0 saturated carbocycles. The molecule has 12 nitrogen and oxygen atoms in total. The molecule has 1 saturated heterocycles. The Morgan fingerprint density at radius 2 is 1.77 bits per heavy atom. The summed E-state index contributed by atoms with van der Waals surface area (Å²) >= 11 is 1.47. The van der Waals surface area contributed by atoms with Gasteiger partial charge in [0, 0.05) is 36.1 Å². The topological polar surface area (TPSA) is 139 Å². The van der Waals surface area contributed by atoms with E-state index in [4.69, 9.17) is 28.1 Å². The Labute approximate surface area is 282 Å². The first-order valence-electron chi connectivity index (χ1n) is 14.9. The van der Waals surface area contributed by atoms with E-state index < -0.39 is 56.6 Å². The number of methoxy groups -OCH3 is 3. The van der Waals surface area contributed by atoms with E-state index in [0.29, 0.717) is 23.0 Å². The van der Waals surface area contributed by atoms with Crippen LogP contribution in [0.5, 0.6) is 17.2 Å². The molecule has 1 aromatic carbocycles. The van der Waals surface area contributed by atoms with Gasteiger partial charge in [0.1, 0.15) is 35.1 Å². The van der Waals surface area contributed by atoms with Gasteiger partial charge in [-0.1, -0.05) is 32.6 Å². The summed E-state index contributed by atoms with van der Waals surface area (Å²) in [6.07, 6.45) is -5.61. The Kier molecular flexibility index (Phi) is 13.3. The number of aromatic amines is 1. The third-order valence-electron chi connectivity index (χ3n) is 8.12. The number of aromatic nitrogens is 2. The van der Waals surface area contributed by atoms with E-state index in [1.807, 2.05) is 0 Å². The lowest BCUT2D eigenvalue weighted by atomic mass is 10.2. The van der Waals surface area contributed by atoms with E-state index in [9.17, 15) is 27.6 Å². The molecule has 48 heavy (non-hydrogen) atoms. The molecule has 1 amide bonds. The van der Waals surface area contributed by atoms with Crippen LogP contribution in [-0.4, -0.2) is 82.6 Å². The number of carbonyl (C=O) groups excluding carboxylic acids is 1. The van der Waals surface area contributed by atoms with Gasteiger partial charge in [-0.3, -0.25) is 19.1 Å². The number of benzene rings is 1. The van der Waals surface area contributed by atoms with Gasteiger partial charge < -0.3 is 33.4 Å². The molecule has 0 spiro atoms. The number of nitrogens with one attached hydrogen (secondary N) is 2. The molecule has 3 atom stereocenters. The normalized spacial score (nSPS) is 18.2. The zero-order valence-electron chi connectivity index (χ0n) is 28.2. The average Bonchev–Trinajstić information content (AvgIpc) is 3.42. The third-order valence-corrected chi connectivity index (χ3v) is 13.4. The maximum absolute atomic E-state index is 12.8. The number of alkyl halides is 3. The minimum Gasteiger partial charge on any atom is -0.496 e. The molecule has 0 radical (unpaired) electrons. The summed E-state index contributed by atoms with van der Waals surface area (Å²) in [6, 6.07) is 3.53. The minimum absolute atomic E-state index is 0.0727. The summed E-state index contributed by atoms with van der Waals surface area (Å²) in [5, 5.41) is 1.53. The smallest absolute Gasteiger partial charge is 0.471 e. The van der Waals surface area contributed by atoms with Crippen molar-refractivity contribution in [2.45, 2.75) is 75.7 Å². The lowest BCUT2D eigenvalue weighted by Crippen LogP contribution is -2.44. The van der Waals surface area contributed by atoms with Gasteiger partial charge in [-0.05, 0) is 18.1 Å². The number of hydrogen-bond donors (Lipinski definition) is 2. The summed E-state index contributed by atoms with van der Waals surface area (Å²) in [7, 11) is 2.48. The molecular formula is C31H42F3N3O9SSi. The Bertz CT molecular complexity index is 1590. The molecule has 1 aromatic heterocycles. The second-order valence-corrected chi connectivity index (χ2v) is 18.1. The zero-order valence-corrected chi connectivity index (χ0v) is 30.0. The number of hydrogen-bond acceptors (Lipinski definition) is 10. The summed E-state index contributed by atoms with van der Waals surface area (Å²) in [6.45, 7) is 10.1. The quantitative estimate of drug-likeness (QED) is 0.134. The van der Waals surface area contributed by atoms with Crippen LogP contribution in [0.2, 0.25) is 18.1 Å². The highest BCUT2D eigenvalue weighted by Gasteiger charge is 2.42. The van der Waals surface area contributed by atoms with Gasteiger partial charge in [-0.25, -0.2) is 4.79 Å². The lowest BCUT2D eigenvalue weighted by Gasteiger charge is -2.37. The van der Waals surface area contributed by atoms with Crippen molar-refractivity contribution in [1.29, 1.82) is 0 Å². The summed E-state index contributed by atoms with van der Waals surface area (Å²) in [4.78, 5) is 38.4. The monoisotopic (exact) mass is 717 g/mol. The number of amides is 1. The van der Waals surface area contributed by atoms with Crippen LogP contribution in [0.1, 0.15) is 44.5 Å². The maximum atomic E-state index is 12.8. The van der Waals surface area contributed by atoms with E-state index in [1.54, 1.807) is 38.8 Å². The summed E-state index contributed by atoms with van der Waals surface area (Å²) < 4.78 is 73.8. The number of carbonyl (C=O) groups is 1. The number of H-pyrrole nitrogens is 1. The van der Waals surface area contributed by atoms with E-state index in [-0.39, 0.29) is 29.6 Å². The fourth-order valence-electron chi connectivity index (χ4n) is 4.36. The molecule has 266 valence electrons. The van der Waals surface area contributed by atoms with E-state index in [0.717, 1.165) is 10.1 Å². The van der Waals surface area contributed by atoms with Crippen molar-refractivity contribution in [3.05, 3.63) is 50.3 Å². The van der Waals surface area contributed by atoms with Crippen molar-refractivity contribution in [3.63, 3.8) is 0 Å². The van der Waals surface area contributed by atoms with Crippen molar-refractivity contribution < 1.29 is 46.1 Å². The number of halogens is 3. The predicted molar refractivity (Wildman–Crippen MR) is 176 cm³/mol. The molecule has 3 rings (SSSR count). The second-order valence-electron chi connectivity index (χ2n) is 12.3. The van der Waals surface area contributed by atoms with Crippen LogP contribution >= 0.6 is 11.8 Å². The van der Waals surface area contributed by atoms with Crippen molar-refractivity contribution in [2.75, 3.05) is 40.4 Å². The van der Waals surface area contributed by atoms with Crippen LogP contribution in [0.25, 0.3) is 0 Å². The van der Waals surface area contributed by atoms with Gasteiger partial charge in [0.2, 0.25) is 0 Å². The van der Waals surface area contributed by atoms with Gasteiger partial charge in [0.15, 0.2) is 8.32 Å². The second kappa shape index (κ2) is 16.3. The van der Waals surface area contributed by atoms with Crippen molar-refractivity contribution in [1.82, 2.24) is 14.9 Å². The highest BCUT2D eigenvalue weighted by atomic mass is 32.2. The molecule has 2 heterocycles. The fourth-order valence-corrected chi connectivity index (χ4v) is 6.21. The highest BCUT2D eigenvalue weighted by molar-refractivity contribution is 7.98. The van der Waals surface area contributed by atoms with Gasteiger partial charge >= 0.3 is 17.8 Å². The Morgan fingerprint density at radius 3 is 2.33 bits per heavy atom. The Morgan fingerprint density at radius 1 is 1.12 bits per heavy atom. The maximum Gasteiger partial charge on any atom is 0.471 e. The zero-order chi connectivity index (χ0) is 35.9. The van der Waals surface area contributed by atoms with E-state index >= 15 is 0 Å². The van der Waals surface area contributed by atoms with Gasteiger partial charge in [-0.2, -0.15) is 13.2 Å². The Balaban J connectivity index is 1.79. The highest BCUT2D eigenvalue weighted by Crippen LogP contribution is 2.39. The van der Waals surface area contributed by atoms with Crippen LogP contribution in [0.4, 0.5) is 13.2 Å². The largest absolute Gasteiger partial charge is 0.496 e. The first-order chi connectivity index (χ1) is 22.4. The molecule has 0 aliphatic carbocycles. The molecule has 0 bridgehead atoms. The summed E-state index contributed by atoms with van der Waals surface area (Å²) in [5.41, 5.74) is -0.982. The number of nitrogens with zero attached hydrogens (tertiary/aromatic N) is 1. The standard InChI is InChI=1S/C31H42F3N3O9SSi/c1-30(2,3)48(7,8)45-16-25-24(44-18-47-17-21-22(42-5)12-20(41-4)13-23(21)43-6)14-26(46-25)37-15-19(27(38)36-29(37)40)10-9-11-35-28(39)31(32,33)34/h12-13,15,24-26H,11,14,16-18H2,1-8H3,(H,35,39)(H,36,38,40)/t24-,25-,26-/m1/s1. The number of rotatable bonds is 13. The Hall–Kier alpha value is -3.43. The van der Waals surface area contributed by atoms with E-state index in [1.165, 1.54) is 18.0 Å². The summed E-state index contributed by atoms with van der Waals surface area (Å²) in [5.74, 6) is 5.07. The first kappa shape index (κ1) is 39.0. The van der Waals surface area contributed by atoms with Gasteiger partial charge in [0.05, 0.1) is 46.5 Å². The number of thioether (sulfide) groups is 1. The van der Waals surface area contributed by atoms with Crippen LogP contribution < -0.4 is 30.8 Å². The van der Waals surface area contributed by atoms with Crippen molar-refractivity contribution >= 4 is 26.0 Å². The average molecular weight is 718 g/mol. The predicted octanol–water partition coefficient (Wildman–Crippen LogP) is 4.18. The van der Waals surface area contributed by atoms with Crippen LogP contribution in [0, 0.1) is 11.8 Å². The third kappa shape index (κ3) is 10.0. The molecule has 1 aliphatic rings. The minimum atomic E-state index is -5.07. The van der Waals surface area contributed by atoms with Gasteiger partial charge in [-0.15, -0.1) is 11.8 Å². The van der Waals surface area contributed by atoms with Crippen molar-refractivity contribution in [3.8, 4) is 29.1 Å². The van der Waals surface area contributed by atoms with Crippen LogP contribution in [0.3, 0.4) is 0 Å². The SMILES string of the molecule is COc1cc(OC)c(CSCO[C@@H]2C[C@H](n3cc(C#CCNC(=O)C(F)(F)F)c(=O)[nH]c3=O)O[C@@H]2CO[Si](C)(C)C(C)(C)C)c(OC)c1. The molecule has 2 N–H and O–H groups in total.